The highest BCUT2D eigenvalue weighted by Crippen LogP contribution is 2.12. The number of nitrogens with one attached hydrogen (secondary N) is 1. The molecule has 2 heterocycles. The van der Waals surface area contributed by atoms with Crippen molar-refractivity contribution < 1.29 is 9.53 Å². The Hall–Kier alpha value is -1.42. The highest BCUT2D eigenvalue weighted by molar-refractivity contribution is 5.89. The van der Waals surface area contributed by atoms with Gasteiger partial charge in [0.25, 0.3) is 0 Å². The van der Waals surface area contributed by atoms with Crippen LogP contribution in [0.3, 0.4) is 0 Å². The van der Waals surface area contributed by atoms with Crippen LogP contribution >= 0.6 is 0 Å². The summed E-state index contributed by atoms with van der Waals surface area (Å²) in [4.78, 5) is 15.6. The van der Waals surface area contributed by atoms with Gasteiger partial charge in [-0.3, -0.25) is 4.98 Å². The van der Waals surface area contributed by atoms with E-state index in [-0.39, 0.29) is 5.97 Å². The lowest BCUT2D eigenvalue weighted by Gasteiger charge is -2.05. The van der Waals surface area contributed by atoms with Crippen molar-refractivity contribution in [2.75, 3.05) is 20.2 Å². The molecule has 15 heavy (non-hydrogen) atoms. The number of aromatic nitrogens is 1. The fourth-order valence-electron chi connectivity index (χ4n) is 1.76. The third-order valence-electron chi connectivity index (χ3n) is 2.59. The summed E-state index contributed by atoms with van der Waals surface area (Å²) in [5, 5.41) is 3.30. The zero-order valence-corrected chi connectivity index (χ0v) is 8.75. The van der Waals surface area contributed by atoms with Crippen LogP contribution in [-0.2, 0) is 17.6 Å². The van der Waals surface area contributed by atoms with Gasteiger partial charge in [0.15, 0.2) is 0 Å². The molecule has 0 aliphatic carbocycles. The SMILES string of the molecule is COC(=O)c1cnc2c(c1)CCNCC2. The largest absolute Gasteiger partial charge is 0.465 e. The molecule has 0 saturated carbocycles. The summed E-state index contributed by atoms with van der Waals surface area (Å²) in [6.07, 6.45) is 3.44. The van der Waals surface area contributed by atoms with Crippen LogP contribution in [-0.4, -0.2) is 31.2 Å². The van der Waals surface area contributed by atoms with Crippen molar-refractivity contribution >= 4 is 5.97 Å². The van der Waals surface area contributed by atoms with Gasteiger partial charge >= 0.3 is 5.97 Å². The van der Waals surface area contributed by atoms with Crippen LogP contribution in [0.2, 0.25) is 0 Å². The predicted molar refractivity (Wildman–Crippen MR) is 55.9 cm³/mol. The summed E-state index contributed by atoms with van der Waals surface area (Å²) in [5.41, 5.74) is 2.79. The average Bonchev–Trinajstić information content (AvgIpc) is 2.51. The second-order valence-electron chi connectivity index (χ2n) is 3.57. The lowest BCUT2D eigenvalue weighted by molar-refractivity contribution is 0.0600. The van der Waals surface area contributed by atoms with Crippen LogP contribution in [0.1, 0.15) is 21.6 Å². The number of carbonyl (C=O) groups excluding carboxylic acids is 1. The molecular formula is C11H14N2O2. The van der Waals surface area contributed by atoms with E-state index in [0.29, 0.717) is 5.56 Å². The minimum Gasteiger partial charge on any atom is -0.465 e. The smallest absolute Gasteiger partial charge is 0.339 e. The fraction of sp³-hybridized carbons (Fsp3) is 0.455. The number of hydrogen-bond acceptors (Lipinski definition) is 4. The first-order valence-corrected chi connectivity index (χ1v) is 5.08. The fourth-order valence-corrected chi connectivity index (χ4v) is 1.76. The van der Waals surface area contributed by atoms with Crippen LogP contribution in [0.25, 0.3) is 0 Å². The van der Waals surface area contributed by atoms with Gasteiger partial charge in [-0.2, -0.15) is 0 Å². The Morgan fingerprint density at radius 1 is 1.47 bits per heavy atom. The summed E-state index contributed by atoms with van der Waals surface area (Å²) < 4.78 is 4.66. The highest BCUT2D eigenvalue weighted by atomic mass is 16.5. The Labute approximate surface area is 88.7 Å². The van der Waals surface area contributed by atoms with E-state index in [2.05, 4.69) is 15.0 Å². The number of carbonyl (C=O) groups is 1. The number of nitrogens with zero attached hydrogens (tertiary/aromatic N) is 1. The molecule has 0 unspecified atom stereocenters. The van der Waals surface area contributed by atoms with Crippen molar-refractivity contribution in [3.05, 3.63) is 29.1 Å². The molecule has 0 spiro atoms. The van der Waals surface area contributed by atoms with Gasteiger partial charge in [-0.05, 0) is 24.6 Å². The maximum absolute atomic E-state index is 11.3. The second-order valence-corrected chi connectivity index (χ2v) is 3.57. The molecule has 0 bridgehead atoms. The standard InChI is InChI=1S/C11H14N2O2/c1-15-11(14)9-6-8-2-4-12-5-3-10(8)13-7-9/h6-7,12H,2-5H2,1H3. The maximum Gasteiger partial charge on any atom is 0.339 e. The van der Waals surface area contributed by atoms with Gasteiger partial charge in [0.05, 0.1) is 12.7 Å². The number of hydrogen-bond donors (Lipinski definition) is 1. The molecule has 4 nitrogen and oxygen atoms in total. The Balaban J connectivity index is 2.31. The van der Waals surface area contributed by atoms with Gasteiger partial charge in [-0.15, -0.1) is 0 Å². The van der Waals surface area contributed by atoms with Crippen molar-refractivity contribution in [2.24, 2.45) is 0 Å². The first kappa shape index (κ1) is 10.1. The van der Waals surface area contributed by atoms with Crippen LogP contribution in [0.5, 0.6) is 0 Å². The van der Waals surface area contributed by atoms with E-state index in [1.54, 1.807) is 6.20 Å². The van der Waals surface area contributed by atoms with Crippen molar-refractivity contribution in [1.29, 1.82) is 0 Å². The van der Waals surface area contributed by atoms with Gasteiger partial charge in [0, 0.05) is 24.9 Å². The van der Waals surface area contributed by atoms with Crippen LogP contribution in [0, 0.1) is 0 Å². The monoisotopic (exact) mass is 206 g/mol. The van der Waals surface area contributed by atoms with E-state index < -0.39 is 0 Å². The third kappa shape index (κ3) is 2.15. The van der Waals surface area contributed by atoms with Crippen LogP contribution in [0.15, 0.2) is 12.3 Å². The minimum absolute atomic E-state index is 0.317. The summed E-state index contributed by atoms with van der Waals surface area (Å²) in [5.74, 6) is -0.317. The Morgan fingerprint density at radius 2 is 2.27 bits per heavy atom. The molecule has 0 atom stereocenters. The average molecular weight is 206 g/mol. The van der Waals surface area contributed by atoms with Crippen molar-refractivity contribution in [3.8, 4) is 0 Å². The second kappa shape index (κ2) is 4.40. The lowest BCUT2D eigenvalue weighted by atomic mass is 10.1. The third-order valence-corrected chi connectivity index (χ3v) is 2.59. The number of esters is 1. The van der Waals surface area contributed by atoms with Gasteiger partial charge in [0.2, 0.25) is 0 Å². The molecule has 0 amide bonds. The van der Waals surface area contributed by atoms with E-state index in [9.17, 15) is 4.79 Å². The van der Waals surface area contributed by atoms with Gasteiger partial charge in [0.1, 0.15) is 0 Å². The zero-order chi connectivity index (χ0) is 10.7. The van der Waals surface area contributed by atoms with E-state index >= 15 is 0 Å². The molecule has 0 saturated heterocycles. The molecule has 0 fully saturated rings. The van der Waals surface area contributed by atoms with Crippen molar-refractivity contribution in [3.63, 3.8) is 0 Å². The first-order valence-electron chi connectivity index (χ1n) is 5.08. The summed E-state index contributed by atoms with van der Waals surface area (Å²) >= 11 is 0. The Morgan fingerprint density at radius 3 is 3.07 bits per heavy atom. The highest BCUT2D eigenvalue weighted by Gasteiger charge is 2.12. The molecule has 1 aliphatic heterocycles. The number of pyridine rings is 1. The molecule has 1 aromatic rings. The van der Waals surface area contributed by atoms with E-state index in [0.717, 1.165) is 37.2 Å². The molecule has 80 valence electrons. The normalized spacial score (nSPS) is 15.3. The Kier molecular flexibility index (Phi) is 2.97. The molecule has 0 aromatic carbocycles. The van der Waals surface area contributed by atoms with Gasteiger partial charge in [-0.25, -0.2) is 4.79 Å². The number of fused-ring (bicyclic) bond motifs is 1. The topological polar surface area (TPSA) is 51.2 Å². The number of methoxy groups -OCH3 is 1. The summed E-state index contributed by atoms with van der Waals surface area (Å²) in [7, 11) is 1.38. The van der Waals surface area contributed by atoms with Crippen molar-refractivity contribution in [2.45, 2.75) is 12.8 Å². The van der Waals surface area contributed by atoms with Crippen LogP contribution < -0.4 is 5.32 Å². The molecule has 4 heteroatoms. The molecule has 1 N–H and O–H groups in total. The molecule has 1 aromatic heterocycles. The quantitative estimate of drug-likeness (QED) is 0.682. The lowest BCUT2D eigenvalue weighted by Crippen LogP contribution is -2.16. The van der Waals surface area contributed by atoms with E-state index in [4.69, 9.17) is 0 Å². The zero-order valence-electron chi connectivity index (χ0n) is 8.75. The van der Waals surface area contributed by atoms with Crippen LogP contribution in [0.4, 0.5) is 0 Å². The molecular weight excluding hydrogens is 192 g/mol. The van der Waals surface area contributed by atoms with Gasteiger partial charge < -0.3 is 10.1 Å². The van der Waals surface area contributed by atoms with Gasteiger partial charge in [-0.1, -0.05) is 0 Å². The van der Waals surface area contributed by atoms with E-state index in [1.165, 1.54) is 7.11 Å². The Bertz CT molecular complexity index is 377. The van der Waals surface area contributed by atoms with E-state index in [1.807, 2.05) is 6.07 Å². The molecule has 0 radical (unpaired) electrons. The maximum atomic E-state index is 11.3. The molecule has 1 aliphatic rings. The minimum atomic E-state index is -0.317. The summed E-state index contributed by atoms with van der Waals surface area (Å²) in [6.45, 7) is 1.90. The molecule has 2 rings (SSSR count). The first-order chi connectivity index (χ1) is 7.31. The number of ether oxygens (including phenoxy) is 1. The number of rotatable bonds is 1. The van der Waals surface area contributed by atoms with Crippen molar-refractivity contribution in [1.82, 2.24) is 10.3 Å². The predicted octanol–water partition coefficient (Wildman–Crippen LogP) is 0.556. The summed E-state index contributed by atoms with van der Waals surface area (Å²) in [6, 6.07) is 1.89.